The molecule has 0 saturated carbocycles. The summed E-state index contributed by atoms with van der Waals surface area (Å²) in [4.78, 5) is 0. The highest BCUT2D eigenvalue weighted by Gasteiger charge is 2.09. The fraction of sp³-hybridized carbons (Fsp3) is 0.667. The first-order valence-electron chi connectivity index (χ1n) is 3.05. The molecule has 0 aliphatic carbocycles. The predicted molar refractivity (Wildman–Crippen MR) is 34.1 cm³/mol. The van der Waals surface area contributed by atoms with Crippen LogP contribution in [0.1, 0.15) is 19.8 Å². The van der Waals surface area contributed by atoms with Gasteiger partial charge in [0.1, 0.15) is 0 Å². The van der Waals surface area contributed by atoms with Crippen molar-refractivity contribution >= 4 is 0 Å². The summed E-state index contributed by atoms with van der Waals surface area (Å²) < 4.78 is 0. The van der Waals surface area contributed by atoms with Gasteiger partial charge < -0.3 is 11.1 Å². The molecule has 1 rings (SSSR count). The van der Waals surface area contributed by atoms with E-state index in [4.69, 9.17) is 5.73 Å². The monoisotopic (exact) mass is 112 g/mol. The number of nitrogens with two attached hydrogens (primary N) is 1. The summed E-state index contributed by atoms with van der Waals surface area (Å²) >= 11 is 0. The molecule has 1 atom stereocenters. The van der Waals surface area contributed by atoms with E-state index in [2.05, 4.69) is 12.2 Å². The third-order valence-electron chi connectivity index (χ3n) is 1.49. The molecular formula is C6H12N2. The Balaban J connectivity index is 2.32. The van der Waals surface area contributed by atoms with E-state index in [9.17, 15) is 0 Å². The van der Waals surface area contributed by atoms with Gasteiger partial charge in [0.2, 0.25) is 0 Å². The molecule has 0 aromatic rings. The molecule has 1 heterocycles. The number of rotatable bonds is 1. The van der Waals surface area contributed by atoms with Crippen LogP contribution in [0.4, 0.5) is 0 Å². The molecule has 0 spiro atoms. The Morgan fingerprint density at radius 2 is 2.75 bits per heavy atom. The van der Waals surface area contributed by atoms with Crippen molar-refractivity contribution in [2.75, 3.05) is 0 Å². The van der Waals surface area contributed by atoms with Crippen LogP contribution in [0.15, 0.2) is 11.9 Å². The Kier molecular flexibility index (Phi) is 1.42. The van der Waals surface area contributed by atoms with Gasteiger partial charge in [-0.2, -0.15) is 0 Å². The molecule has 0 amide bonds. The zero-order valence-corrected chi connectivity index (χ0v) is 5.15. The minimum Gasteiger partial charge on any atom is -0.386 e. The topological polar surface area (TPSA) is 38.0 Å². The van der Waals surface area contributed by atoms with Crippen molar-refractivity contribution in [2.24, 2.45) is 5.73 Å². The SMILES string of the molecule is CCC1CC=C(N)N1. The van der Waals surface area contributed by atoms with E-state index in [1.165, 1.54) is 0 Å². The van der Waals surface area contributed by atoms with Crippen molar-refractivity contribution in [2.45, 2.75) is 25.8 Å². The molecule has 1 aliphatic heterocycles. The first-order chi connectivity index (χ1) is 3.83. The molecule has 0 fully saturated rings. The average molecular weight is 112 g/mol. The van der Waals surface area contributed by atoms with Crippen LogP contribution in [-0.2, 0) is 0 Å². The zero-order chi connectivity index (χ0) is 5.98. The minimum absolute atomic E-state index is 0.606. The van der Waals surface area contributed by atoms with Crippen molar-refractivity contribution in [3.8, 4) is 0 Å². The van der Waals surface area contributed by atoms with E-state index in [0.717, 1.165) is 18.7 Å². The van der Waals surface area contributed by atoms with Crippen molar-refractivity contribution < 1.29 is 0 Å². The highest BCUT2D eigenvalue weighted by molar-refractivity contribution is 5.04. The van der Waals surface area contributed by atoms with E-state index >= 15 is 0 Å². The summed E-state index contributed by atoms with van der Waals surface area (Å²) in [5, 5.41) is 3.14. The molecule has 0 bridgehead atoms. The summed E-state index contributed by atoms with van der Waals surface area (Å²) in [7, 11) is 0. The van der Waals surface area contributed by atoms with Crippen molar-refractivity contribution in [1.82, 2.24) is 5.32 Å². The highest BCUT2D eigenvalue weighted by atomic mass is 15.0. The van der Waals surface area contributed by atoms with Gasteiger partial charge in [-0.15, -0.1) is 0 Å². The average Bonchev–Trinajstić information content (AvgIpc) is 2.14. The van der Waals surface area contributed by atoms with Crippen LogP contribution in [0.25, 0.3) is 0 Å². The fourth-order valence-corrected chi connectivity index (χ4v) is 0.892. The maximum Gasteiger partial charge on any atom is 0.0921 e. The molecule has 1 aliphatic rings. The van der Waals surface area contributed by atoms with Gasteiger partial charge in [-0.3, -0.25) is 0 Å². The van der Waals surface area contributed by atoms with Gasteiger partial charge in [0.15, 0.2) is 0 Å². The summed E-state index contributed by atoms with van der Waals surface area (Å²) in [6, 6.07) is 0.606. The lowest BCUT2D eigenvalue weighted by Gasteiger charge is -2.06. The van der Waals surface area contributed by atoms with Crippen molar-refractivity contribution in [3.63, 3.8) is 0 Å². The first-order valence-corrected chi connectivity index (χ1v) is 3.05. The molecule has 0 radical (unpaired) electrons. The molecule has 0 saturated heterocycles. The summed E-state index contributed by atoms with van der Waals surface area (Å²) in [6.07, 6.45) is 4.30. The van der Waals surface area contributed by atoms with Gasteiger partial charge in [-0.1, -0.05) is 6.92 Å². The number of hydrogen-bond acceptors (Lipinski definition) is 2. The van der Waals surface area contributed by atoms with Crippen LogP contribution in [0, 0.1) is 0 Å². The molecule has 2 nitrogen and oxygen atoms in total. The molecule has 0 aromatic heterocycles. The third-order valence-corrected chi connectivity index (χ3v) is 1.49. The van der Waals surface area contributed by atoms with Crippen LogP contribution in [0.5, 0.6) is 0 Å². The standard InChI is InChI=1S/C6H12N2/c1-2-5-3-4-6(7)8-5/h4-5,8H,2-3,7H2,1H3. The van der Waals surface area contributed by atoms with E-state index in [1.54, 1.807) is 0 Å². The predicted octanol–water partition coefficient (Wildman–Crippen LogP) is 0.558. The molecule has 8 heavy (non-hydrogen) atoms. The molecule has 1 unspecified atom stereocenters. The Morgan fingerprint density at radius 3 is 3.00 bits per heavy atom. The Bertz CT molecular complexity index is 107. The van der Waals surface area contributed by atoms with Gasteiger partial charge in [0.25, 0.3) is 0 Å². The van der Waals surface area contributed by atoms with Crippen molar-refractivity contribution in [3.05, 3.63) is 11.9 Å². The lowest BCUT2D eigenvalue weighted by molar-refractivity contribution is 0.591. The van der Waals surface area contributed by atoms with E-state index in [-0.39, 0.29) is 0 Å². The van der Waals surface area contributed by atoms with Gasteiger partial charge in [-0.25, -0.2) is 0 Å². The second kappa shape index (κ2) is 2.07. The Hall–Kier alpha value is -0.660. The van der Waals surface area contributed by atoms with Crippen LogP contribution in [0.3, 0.4) is 0 Å². The third kappa shape index (κ3) is 0.941. The zero-order valence-electron chi connectivity index (χ0n) is 5.15. The maximum absolute atomic E-state index is 5.45. The highest BCUT2D eigenvalue weighted by Crippen LogP contribution is 2.06. The van der Waals surface area contributed by atoms with E-state index in [0.29, 0.717) is 6.04 Å². The molecule has 46 valence electrons. The van der Waals surface area contributed by atoms with Crippen LogP contribution >= 0.6 is 0 Å². The van der Waals surface area contributed by atoms with Gasteiger partial charge in [0, 0.05) is 6.04 Å². The van der Waals surface area contributed by atoms with Gasteiger partial charge in [-0.05, 0) is 18.9 Å². The molecule has 0 aromatic carbocycles. The fourth-order valence-electron chi connectivity index (χ4n) is 0.892. The van der Waals surface area contributed by atoms with Crippen LogP contribution in [-0.4, -0.2) is 6.04 Å². The summed E-state index contributed by atoms with van der Waals surface area (Å²) in [5.41, 5.74) is 5.45. The number of hydrogen-bond donors (Lipinski definition) is 2. The first kappa shape index (κ1) is 5.48. The second-order valence-corrected chi connectivity index (χ2v) is 2.14. The summed E-state index contributed by atoms with van der Waals surface area (Å²) in [6.45, 7) is 2.16. The normalized spacial score (nSPS) is 27.1. The largest absolute Gasteiger partial charge is 0.386 e. The lowest BCUT2D eigenvalue weighted by Crippen LogP contribution is -2.24. The summed E-state index contributed by atoms with van der Waals surface area (Å²) in [5.74, 6) is 0.844. The van der Waals surface area contributed by atoms with E-state index in [1.807, 2.05) is 6.08 Å². The minimum atomic E-state index is 0.606. The molecule has 2 heteroatoms. The quantitative estimate of drug-likeness (QED) is 0.520. The van der Waals surface area contributed by atoms with Gasteiger partial charge >= 0.3 is 0 Å². The van der Waals surface area contributed by atoms with Crippen LogP contribution in [0.2, 0.25) is 0 Å². The Labute approximate surface area is 49.8 Å². The lowest BCUT2D eigenvalue weighted by atomic mass is 10.2. The second-order valence-electron chi connectivity index (χ2n) is 2.14. The van der Waals surface area contributed by atoms with Crippen molar-refractivity contribution in [1.29, 1.82) is 0 Å². The van der Waals surface area contributed by atoms with Crippen LogP contribution < -0.4 is 11.1 Å². The van der Waals surface area contributed by atoms with Gasteiger partial charge in [0.05, 0.1) is 5.82 Å². The maximum atomic E-state index is 5.45. The van der Waals surface area contributed by atoms with E-state index < -0.39 is 0 Å². The Morgan fingerprint density at radius 1 is 2.00 bits per heavy atom. The molecule has 3 N–H and O–H groups in total. The smallest absolute Gasteiger partial charge is 0.0921 e. The number of nitrogens with one attached hydrogen (secondary N) is 1. The molecular weight excluding hydrogens is 100 g/mol.